The normalized spacial score (nSPS) is 16.4. The average Bonchev–Trinajstić information content (AvgIpc) is 1.96. The molecular formula is C12H21NO3. The van der Waals surface area contributed by atoms with Gasteiger partial charge in [-0.1, -0.05) is 6.42 Å². The maximum Gasteiger partial charge on any atom is 0.407 e. The molecule has 0 heterocycles. The highest BCUT2D eigenvalue weighted by Crippen LogP contribution is 2.27. The van der Waals surface area contributed by atoms with E-state index in [4.69, 9.17) is 4.74 Å². The van der Waals surface area contributed by atoms with E-state index in [1.54, 1.807) is 0 Å². The van der Waals surface area contributed by atoms with E-state index in [1.807, 2.05) is 20.8 Å². The molecule has 1 N–H and O–H groups in total. The van der Waals surface area contributed by atoms with Gasteiger partial charge in [0.25, 0.3) is 0 Å². The van der Waals surface area contributed by atoms with E-state index < -0.39 is 11.7 Å². The van der Waals surface area contributed by atoms with Crippen LogP contribution in [0.2, 0.25) is 0 Å². The minimum atomic E-state index is -0.484. The first-order chi connectivity index (χ1) is 7.38. The standard InChI is InChI=1S/C12H21NO3/c1-12(2,3)16-11(15)13-8-7-10(14)9-5-4-6-9/h9H,4-8H2,1-3H3,(H,13,15). The van der Waals surface area contributed by atoms with Crippen molar-refractivity contribution in [2.75, 3.05) is 6.54 Å². The van der Waals surface area contributed by atoms with Gasteiger partial charge in [-0.15, -0.1) is 0 Å². The smallest absolute Gasteiger partial charge is 0.407 e. The van der Waals surface area contributed by atoms with Crippen LogP contribution in [0.5, 0.6) is 0 Å². The van der Waals surface area contributed by atoms with Crippen LogP contribution in [0.4, 0.5) is 4.79 Å². The second kappa shape index (κ2) is 5.32. The Morgan fingerprint density at radius 1 is 1.31 bits per heavy atom. The van der Waals surface area contributed by atoms with Crippen LogP contribution in [0.15, 0.2) is 0 Å². The topological polar surface area (TPSA) is 55.4 Å². The summed E-state index contributed by atoms with van der Waals surface area (Å²) in [5.74, 6) is 0.516. The zero-order valence-corrected chi connectivity index (χ0v) is 10.3. The van der Waals surface area contributed by atoms with Crippen molar-refractivity contribution in [1.82, 2.24) is 5.32 Å². The quantitative estimate of drug-likeness (QED) is 0.801. The molecule has 1 aliphatic rings. The molecule has 1 rings (SSSR count). The Balaban J connectivity index is 2.10. The molecule has 1 aliphatic carbocycles. The van der Waals surface area contributed by atoms with Crippen LogP contribution < -0.4 is 5.32 Å². The van der Waals surface area contributed by atoms with Crippen LogP contribution in [-0.2, 0) is 9.53 Å². The summed E-state index contributed by atoms with van der Waals surface area (Å²) in [4.78, 5) is 22.7. The molecule has 0 radical (unpaired) electrons. The zero-order chi connectivity index (χ0) is 12.2. The third kappa shape index (κ3) is 4.64. The minimum absolute atomic E-state index is 0.250. The molecule has 4 nitrogen and oxygen atoms in total. The summed E-state index contributed by atoms with van der Waals surface area (Å²) in [6.07, 6.45) is 3.17. The molecule has 16 heavy (non-hydrogen) atoms. The van der Waals surface area contributed by atoms with Gasteiger partial charge in [0.2, 0.25) is 0 Å². The molecule has 0 atom stereocenters. The highest BCUT2D eigenvalue weighted by Gasteiger charge is 2.24. The first kappa shape index (κ1) is 13.0. The van der Waals surface area contributed by atoms with Crippen molar-refractivity contribution in [2.24, 2.45) is 5.92 Å². The maximum absolute atomic E-state index is 11.5. The second-order valence-corrected chi connectivity index (χ2v) is 5.27. The number of Topliss-reactive ketones (excluding diaryl/α,β-unsaturated/α-hetero) is 1. The molecule has 92 valence electrons. The molecule has 1 amide bonds. The van der Waals surface area contributed by atoms with E-state index in [0.29, 0.717) is 13.0 Å². The zero-order valence-electron chi connectivity index (χ0n) is 10.3. The number of rotatable bonds is 4. The summed E-state index contributed by atoms with van der Waals surface area (Å²) in [6, 6.07) is 0. The highest BCUT2D eigenvalue weighted by atomic mass is 16.6. The largest absolute Gasteiger partial charge is 0.444 e. The summed E-state index contributed by atoms with van der Waals surface area (Å²) >= 11 is 0. The molecule has 0 aromatic rings. The summed E-state index contributed by atoms with van der Waals surface area (Å²) in [6.45, 7) is 5.81. The lowest BCUT2D eigenvalue weighted by Crippen LogP contribution is -2.34. The van der Waals surface area contributed by atoms with Crippen LogP contribution in [0.3, 0.4) is 0 Å². The van der Waals surface area contributed by atoms with Gasteiger partial charge in [0.15, 0.2) is 0 Å². The first-order valence-electron chi connectivity index (χ1n) is 5.88. The molecule has 1 fully saturated rings. The third-order valence-corrected chi connectivity index (χ3v) is 2.60. The molecule has 4 heteroatoms. The van der Waals surface area contributed by atoms with Gasteiger partial charge in [0, 0.05) is 18.9 Å². The highest BCUT2D eigenvalue weighted by molar-refractivity contribution is 5.82. The summed E-state index contributed by atoms with van der Waals surface area (Å²) < 4.78 is 5.06. The van der Waals surface area contributed by atoms with E-state index in [1.165, 1.54) is 0 Å². The van der Waals surface area contributed by atoms with Gasteiger partial charge < -0.3 is 10.1 Å². The van der Waals surface area contributed by atoms with Crippen molar-refractivity contribution in [3.63, 3.8) is 0 Å². The summed E-state index contributed by atoms with van der Waals surface area (Å²) in [5, 5.41) is 2.59. The fraction of sp³-hybridized carbons (Fsp3) is 0.833. The van der Waals surface area contributed by atoms with Crippen LogP contribution in [0.1, 0.15) is 46.5 Å². The Morgan fingerprint density at radius 3 is 2.38 bits per heavy atom. The van der Waals surface area contributed by atoms with Crippen LogP contribution in [0.25, 0.3) is 0 Å². The van der Waals surface area contributed by atoms with Gasteiger partial charge in [-0.05, 0) is 33.6 Å². The Labute approximate surface area is 96.7 Å². The molecule has 0 unspecified atom stereocenters. The van der Waals surface area contributed by atoms with Crippen molar-refractivity contribution >= 4 is 11.9 Å². The van der Waals surface area contributed by atoms with Crippen molar-refractivity contribution in [2.45, 2.75) is 52.1 Å². The lowest BCUT2D eigenvalue weighted by molar-refractivity contribution is -0.125. The number of amides is 1. The number of ether oxygens (including phenoxy) is 1. The van der Waals surface area contributed by atoms with Gasteiger partial charge in [-0.2, -0.15) is 0 Å². The summed E-state index contributed by atoms with van der Waals surface area (Å²) in [5.41, 5.74) is -0.484. The van der Waals surface area contributed by atoms with E-state index in [0.717, 1.165) is 19.3 Å². The van der Waals surface area contributed by atoms with Gasteiger partial charge in [-0.3, -0.25) is 4.79 Å². The Bertz CT molecular complexity index is 264. The van der Waals surface area contributed by atoms with Crippen molar-refractivity contribution in [3.8, 4) is 0 Å². The number of nitrogens with one attached hydrogen (secondary N) is 1. The Kier molecular flexibility index (Phi) is 4.33. The Morgan fingerprint density at radius 2 is 1.94 bits per heavy atom. The predicted octanol–water partition coefficient (Wildman–Crippen LogP) is 2.27. The van der Waals surface area contributed by atoms with E-state index in [9.17, 15) is 9.59 Å². The number of hydrogen-bond acceptors (Lipinski definition) is 3. The first-order valence-corrected chi connectivity index (χ1v) is 5.88. The molecule has 0 saturated heterocycles. The van der Waals surface area contributed by atoms with Gasteiger partial charge in [0.1, 0.15) is 11.4 Å². The number of alkyl carbamates (subject to hydrolysis) is 1. The fourth-order valence-electron chi connectivity index (χ4n) is 1.54. The molecule has 0 spiro atoms. The number of ketones is 1. The molecule has 0 aromatic heterocycles. The van der Waals surface area contributed by atoms with Gasteiger partial charge >= 0.3 is 6.09 Å². The second-order valence-electron chi connectivity index (χ2n) is 5.27. The van der Waals surface area contributed by atoms with Crippen molar-refractivity contribution < 1.29 is 14.3 Å². The molecule has 1 saturated carbocycles. The van der Waals surface area contributed by atoms with Gasteiger partial charge in [-0.25, -0.2) is 4.79 Å². The van der Waals surface area contributed by atoms with Crippen molar-refractivity contribution in [1.29, 1.82) is 0 Å². The fourth-order valence-corrected chi connectivity index (χ4v) is 1.54. The lowest BCUT2D eigenvalue weighted by Gasteiger charge is -2.24. The SMILES string of the molecule is CC(C)(C)OC(=O)NCCC(=O)C1CCC1. The third-order valence-electron chi connectivity index (χ3n) is 2.60. The Hall–Kier alpha value is -1.06. The van der Waals surface area contributed by atoms with Crippen molar-refractivity contribution in [3.05, 3.63) is 0 Å². The molecule has 0 aliphatic heterocycles. The van der Waals surface area contributed by atoms with E-state index >= 15 is 0 Å². The number of carbonyl (C=O) groups excluding carboxylic acids is 2. The van der Waals surface area contributed by atoms with Crippen LogP contribution in [0, 0.1) is 5.92 Å². The van der Waals surface area contributed by atoms with Crippen LogP contribution in [-0.4, -0.2) is 24.0 Å². The number of hydrogen-bond donors (Lipinski definition) is 1. The average molecular weight is 227 g/mol. The number of carbonyl (C=O) groups is 2. The minimum Gasteiger partial charge on any atom is -0.444 e. The molecule has 0 bridgehead atoms. The predicted molar refractivity (Wildman–Crippen MR) is 61.2 cm³/mol. The van der Waals surface area contributed by atoms with Gasteiger partial charge in [0.05, 0.1) is 0 Å². The van der Waals surface area contributed by atoms with E-state index in [-0.39, 0.29) is 11.7 Å². The molecular weight excluding hydrogens is 206 g/mol. The lowest BCUT2D eigenvalue weighted by atomic mass is 9.81. The van der Waals surface area contributed by atoms with Crippen LogP contribution >= 0.6 is 0 Å². The molecule has 0 aromatic carbocycles. The summed E-state index contributed by atoms with van der Waals surface area (Å²) in [7, 11) is 0. The monoisotopic (exact) mass is 227 g/mol. The van der Waals surface area contributed by atoms with E-state index in [2.05, 4.69) is 5.32 Å². The maximum atomic E-state index is 11.5.